The van der Waals surface area contributed by atoms with Gasteiger partial charge in [-0.3, -0.25) is 0 Å². The van der Waals surface area contributed by atoms with Gasteiger partial charge in [0.25, 0.3) is 0 Å². The van der Waals surface area contributed by atoms with Gasteiger partial charge in [-0.15, -0.1) is 0 Å². The van der Waals surface area contributed by atoms with Crippen LogP contribution in [0.15, 0.2) is 18.2 Å². The van der Waals surface area contributed by atoms with Crippen molar-refractivity contribution < 1.29 is 19.8 Å². The van der Waals surface area contributed by atoms with Crippen molar-refractivity contribution in [1.29, 1.82) is 0 Å². The molecule has 0 heterocycles. The lowest BCUT2D eigenvalue weighted by Crippen LogP contribution is -2.07. The minimum atomic E-state index is -1.14. The number of carboxylic acids is 2. The van der Waals surface area contributed by atoms with E-state index in [1.165, 1.54) is 12.1 Å². The van der Waals surface area contributed by atoms with Gasteiger partial charge in [-0.1, -0.05) is 0 Å². The molecule has 4 N–H and O–H groups in total. The van der Waals surface area contributed by atoms with Crippen molar-refractivity contribution in [1.82, 2.24) is 0 Å². The van der Waals surface area contributed by atoms with Crippen LogP contribution in [0.5, 0.6) is 0 Å². The Bertz CT molecular complexity index is 368. The van der Waals surface area contributed by atoms with E-state index in [-0.39, 0.29) is 11.1 Å². The largest absolute Gasteiger partial charge is 0.478 e. The topological polar surface area (TPSA) is 101 Å². The highest BCUT2D eigenvalue weighted by molar-refractivity contribution is 5.94. The number of carbonyl (C=O) groups is 2. The zero-order valence-corrected chi connectivity index (χ0v) is 7.93. The number of benzene rings is 1. The molecule has 1 aromatic rings. The normalized spacial score (nSPS) is 9.93. The molecule has 0 spiro atoms. The van der Waals surface area contributed by atoms with Crippen LogP contribution >= 0.6 is 0 Å². The molecule has 0 aliphatic heterocycles. The first-order valence-corrected chi connectivity index (χ1v) is 4.35. The van der Waals surface area contributed by atoms with Crippen LogP contribution < -0.4 is 5.73 Å². The van der Waals surface area contributed by atoms with Crippen molar-refractivity contribution in [3.8, 4) is 0 Å². The average molecular weight is 209 g/mol. The minimum Gasteiger partial charge on any atom is -0.478 e. The quantitative estimate of drug-likeness (QED) is 0.673. The van der Waals surface area contributed by atoms with Crippen molar-refractivity contribution in [2.75, 3.05) is 6.54 Å². The van der Waals surface area contributed by atoms with Crippen molar-refractivity contribution in [2.45, 2.75) is 6.42 Å². The summed E-state index contributed by atoms with van der Waals surface area (Å²) in [6, 6.07) is 3.99. The summed E-state index contributed by atoms with van der Waals surface area (Å²) in [4.78, 5) is 21.4. The van der Waals surface area contributed by atoms with Crippen LogP contribution in [0, 0.1) is 0 Å². The molecule has 0 amide bonds. The Morgan fingerprint density at radius 3 is 1.87 bits per heavy atom. The van der Waals surface area contributed by atoms with Crippen LogP contribution in [-0.4, -0.2) is 28.7 Å². The Kier molecular flexibility index (Phi) is 3.41. The molecular formula is C10H11NO4. The van der Waals surface area contributed by atoms with E-state index < -0.39 is 11.9 Å². The van der Waals surface area contributed by atoms with Gasteiger partial charge in [0.15, 0.2) is 0 Å². The standard InChI is InChI=1S/C10H11NO4/c11-2-1-6-3-7(9(12)13)5-8(4-6)10(14)15/h3-5H,1-2,11H2,(H,12,13)(H,14,15). The van der Waals surface area contributed by atoms with E-state index in [0.29, 0.717) is 18.5 Å². The van der Waals surface area contributed by atoms with Gasteiger partial charge in [-0.2, -0.15) is 0 Å². The maximum absolute atomic E-state index is 10.7. The first-order valence-electron chi connectivity index (χ1n) is 4.35. The third-order valence-electron chi connectivity index (χ3n) is 1.92. The van der Waals surface area contributed by atoms with Gasteiger partial charge in [-0.05, 0) is 36.7 Å². The molecule has 0 fully saturated rings. The van der Waals surface area contributed by atoms with Crippen LogP contribution in [0.1, 0.15) is 26.3 Å². The first-order chi connectivity index (χ1) is 7.04. The zero-order valence-electron chi connectivity index (χ0n) is 7.93. The van der Waals surface area contributed by atoms with Gasteiger partial charge in [-0.25, -0.2) is 9.59 Å². The summed E-state index contributed by atoms with van der Waals surface area (Å²) in [5, 5.41) is 17.5. The Morgan fingerprint density at radius 1 is 1.07 bits per heavy atom. The molecule has 5 nitrogen and oxygen atoms in total. The maximum Gasteiger partial charge on any atom is 0.335 e. The van der Waals surface area contributed by atoms with Crippen LogP contribution in [0.25, 0.3) is 0 Å². The lowest BCUT2D eigenvalue weighted by atomic mass is 10.0. The van der Waals surface area contributed by atoms with Gasteiger partial charge in [0.05, 0.1) is 11.1 Å². The summed E-state index contributed by atoms with van der Waals surface area (Å²) in [7, 11) is 0. The molecular weight excluding hydrogens is 198 g/mol. The van der Waals surface area contributed by atoms with E-state index in [1.54, 1.807) is 0 Å². The van der Waals surface area contributed by atoms with Gasteiger partial charge in [0, 0.05) is 0 Å². The van der Waals surface area contributed by atoms with E-state index in [9.17, 15) is 9.59 Å². The van der Waals surface area contributed by atoms with E-state index >= 15 is 0 Å². The van der Waals surface area contributed by atoms with Crippen LogP contribution in [-0.2, 0) is 6.42 Å². The summed E-state index contributed by atoms with van der Waals surface area (Å²) in [5.41, 5.74) is 5.88. The first kappa shape index (κ1) is 11.2. The summed E-state index contributed by atoms with van der Waals surface area (Å²) < 4.78 is 0. The monoisotopic (exact) mass is 209 g/mol. The lowest BCUT2D eigenvalue weighted by Gasteiger charge is -2.03. The molecule has 0 saturated heterocycles. The van der Waals surface area contributed by atoms with Crippen LogP contribution in [0.3, 0.4) is 0 Å². The summed E-state index contributed by atoms with van der Waals surface area (Å²) in [6.45, 7) is 0.349. The lowest BCUT2D eigenvalue weighted by molar-refractivity contribution is 0.0696. The molecule has 0 aromatic heterocycles. The number of carboxylic acid groups (broad SMARTS) is 2. The molecule has 0 aliphatic rings. The molecule has 0 bridgehead atoms. The highest BCUT2D eigenvalue weighted by Crippen LogP contribution is 2.11. The molecule has 15 heavy (non-hydrogen) atoms. The fourth-order valence-electron chi connectivity index (χ4n) is 1.25. The molecule has 0 aliphatic carbocycles. The fourth-order valence-corrected chi connectivity index (χ4v) is 1.25. The zero-order chi connectivity index (χ0) is 11.4. The number of hydrogen-bond acceptors (Lipinski definition) is 3. The summed E-state index contributed by atoms with van der Waals surface area (Å²) in [5.74, 6) is -2.28. The molecule has 0 radical (unpaired) electrons. The molecule has 1 rings (SSSR count). The van der Waals surface area contributed by atoms with Crippen molar-refractivity contribution in [2.24, 2.45) is 5.73 Å². The van der Waals surface area contributed by atoms with E-state index in [4.69, 9.17) is 15.9 Å². The second-order valence-corrected chi connectivity index (χ2v) is 3.07. The second-order valence-electron chi connectivity index (χ2n) is 3.07. The maximum atomic E-state index is 10.7. The third kappa shape index (κ3) is 2.78. The molecule has 0 atom stereocenters. The molecule has 1 aromatic carbocycles. The Hall–Kier alpha value is -1.88. The van der Waals surface area contributed by atoms with Gasteiger partial charge in [0.1, 0.15) is 0 Å². The average Bonchev–Trinajstić information content (AvgIpc) is 2.17. The number of rotatable bonds is 4. The predicted molar refractivity (Wildman–Crippen MR) is 53.1 cm³/mol. The molecule has 0 unspecified atom stereocenters. The third-order valence-corrected chi connectivity index (χ3v) is 1.92. The fraction of sp³-hybridized carbons (Fsp3) is 0.200. The van der Waals surface area contributed by atoms with Crippen LogP contribution in [0.4, 0.5) is 0 Å². The summed E-state index contributed by atoms with van der Waals surface area (Å²) in [6.07, 6.45) is 0.460. The van der Waals surface area contributed by atoms with Gasteiger partial charge < -0.3 is 15.9 Å². The highest BCUT2D eigenvalue weighted by Gasteiger charge is 2.10. The van der Waals surface area contributed by atoms with E-state index in [1.807, 2.05) is 0 Å². The highest BCUT2D eigenvalue weighted by atomic mass is 16.4. The van der Waals surface area contributed by atoms with Gasteiger partial charge in [0.2, 0.25) is 0 Å². The Labute approximate surface area is 86.1 Å². The SMILES string of the molecule is NCCc1cc(C(=O)O)cc(C(=O)O)c1. The Balaban J connectivity index is 3.19. The minimum absolute atomic E-state index is 0.0293. The van der Waals surface area contributed by atoms with Crippen LogP contribution in [0.2, 0.25) is 0 Å². The number of aromatic carboxylic acids is 2. The van der Waals surface area contributed by atoms with E-state index in [0.717, 1.165) is 6.07 Å². The molecule has 80 valence electrons. The second kappa shape index (κ2) is 4.56. The number of nitrogens with two attached hydrogens (primary N) is 1. The Morgan fingerprint density at radius 2 is 1.53 bits per heavy atom. The molecule has 5 heteroatoms. The van der Waals surface area contributed by atoms with Crippen molar-refractivity contribution >= 4 is 11.9 Å². The van der Waals surface area contributed by atoms with Crippen molar-refractivity contribution in [3.05, 3.63) is 34.9 Å². The number of hydrogen-bond donors (Lipinski definition) is 3. The van der Waals surface area contributed by atoms with Gasteiger partial charge >= 0.3 is 11.9 Å². The van der Waals surface area contributed by atoms with E-state index in [2.05, 4.69) is 0 Å². The van der Waals surface area contributed by atoms with Crippen molar-refractivity contribution in [3.63, 3.8) is 0 Å². The predicted octanol–water partition coefficient (Wildman–Crippen LogP) is 0.584. The summed E-state index contributed by atoms with van der Waals surface area (Å²) >= 11 is 0. The smallest absolute Gasteiger partial charge is 0.335 e. The molecule has 0 saturated carbocycles.